The molecule has 4 nitrogen and oxygen atoms in total. The highest BCUT2D eigenvalue weighted by molar-refractivity contribution is 5.70. The van der Waals surface area contributed by atoms with Gasteiger partial charge in [0.2, 0.25) is 0 Å². The maximum atomic E-state index is 11.0. The average molecular weight is 238 g/mol. The zero-order valence-corrected chi connectivity index (χ0v) is 9.80. The smallest absolute Gasteiger partial charge is 0.306 e. The van der Waals surface area contributed by atoms with Crippen LogP contribution < -0.4 is 0 Å². The average Bonchev–Trinajstić information content (AvgIpc) is 3.21. The number of carboxylic acid groups (broad SMARTS) is 1. The molecule has 6 atom stereocenters. The quantitative estimate of drug-likeness (QED) is 0.742. The van der Waals surface area contributed by atoms with Crippen molar-refractivity contribution in [3.63, 3.8) is 0 Å². The lowest BCUT2D eigenvalue weighted by atomic mass is 9.71. The molecule has 4 heteroatoms. The summed E-state index contributed by atoms with van der Waals surface area (Å²) in [5, 5.41) is 9.04. The summed E-state index contributed by atoms with van der Waals surface area (Å²) in [6.45, 7) is 0. The van der Waals surface area contributed by atoms with E-state index in [4.69, 9.17) is 14.6 Å². The van der Waals surface area contributed by atoms with Crippen molar-refractivity contribution >= 4 is 5.97 Å². The molecule has 0 aromatic heterocycles. The van der Waals surface area contributed by atoms with Crippen LogP contribution >= 0.6 is 0 Å². The summed E-state index contributed by atoms with van der Waals surface area (Å²) < 4.78 is 11.5. The van der Waals surface area contributed by atoms with Crippen LogP contribution in [0.2, 0.25) is 0 Å². The standard InChI is InChI=1S/C13H18O4/c14-12(15)7-3-4-13(11(5-7)17-13)8-1-2-9-10(6-8)16-9/h7-11H,1-6H2,(H,14,15). The lowest BCUT2D eigenvalue weighted by molar-refractivity contribution is -0.142. The van der Waals surface area contributed by atoms with E-state index in [1.165, 1.54) is 12.8 Å². The summed E-state index contributed by atoms with van der Waals surface area (Å²) in [6.07, 6.45) is 7.22. The monoisotopic (exact) mass is 238 g/mol. The number of aliphatic carboxylic acids is 1. The number of hydrogen-bond donors (Lipinski definition) is 1. The van der Waals surface area contributed by atoms with E-state index >= 15 is 0 Å². The normalized spacial score (nSPS) is 55.6. The summed E-state index contributed by atoms with van der Waals surface area (Å²) in [5.41, 5.74) is 0.0445. The van der Waals surface area contributed by atoms with Crippen LogP contribution in [0, 0.1) is 11.8 Å². The van der Waals surface area contributed by atoms with Crippen molar-refractivity contribution in [1.29, 1.82) is 0 Å². The molecule has 4 rings (SSSR count). The molecule has 94 valence electrons. The molecule has 2 aliphatic carbocycles. The second-order valence-electron chi connectivity index (χ2n) is 6.09. The van der Waals surface area contributed by atoms with Gasteiger partial charge in [0, 0.05) is 0 Å². The zero-order chi connectivity index (χ0) is 11.6. The Kier molecular flexibility index (Phi) is 1.96. The van der Waals surface area contributed by atoms with Gasteiger partial charge >= 0.3 is 5.97 Å². The van der Waals surface area contributed by atoms with Crippen LogP contribution in [0.4, 0.5) is 0 Å². The van der Waals surface area contributed by atoms with Gasteiger partial charge in [-0.15, -0.1) is 0 Å². The van der Waals surface area contributed by atoms with E-state index in [2.05, 4.69) is 0 Å². The minimum Gasteiger partial charge on any atom is -0.481 e. The summed E-state index contributed by atoms with van der Waals surface area (Å²) in [4.78, 5) is 11.0. The van der Waals surface area contributed by atoms with Crippen molar-refractivity contribution in [2.45, 2.75) is 62.4 Å². The van der Waals surface area contributed by atoms with E-state index < -0.39 is 5.97 Å². The fourth-order valence-corrected chi connectivity index (χ4v) is 4.11. The third kappa shape index (κ3) is 1.47. The molecule has 0 bridgehead atoms. The third-order valence-electron chi connectivity index (χ3n) is 5.28. The van der Waals surface area contributed by atoms with Crippen LogP contribution in [-0.4, -0.2) is 35.0 Å². The number of carboxylic acids is 1. The topological polar surface area (TPSA) is 62.4 Å². The fraction of sp³-hybridized carbons (Fsp3) is 0.923. The molecule has 17 heavy (non-hydrogen) atoms. The van der Waals surface area contributed by atoms with E-state index in [0.29, 0.717) is 18.1 Å². The molecule has 2 aliphatic heterocycles. The Morgan fingerprint density at radius 1 is 1.18 bits per heavy atom. The molecule has 4 aliphatic rings. The Morgan fingerprint density at radius 2 is 2.06 bits per heavy atom. The largest absolute Gasteiger partial charge is 0.481 e. The van der Waals surface area contributed by atoms with Gasteiger partial charge in [-0.2, -0.15) is 0 Å². The molecule has 2 heterocycles. The number of ether oxygens (including phenoxy) is 2. The molecule has 0 aromatic carbocycles. The van der Waals surface area contributed by atoms with Gasteiger partial charge in [0.15, 0.2) is 0 Å². The third-order valence-corrected chi connectivity index (χ3v) is 5.28. The van der Waals surface area contributed by atoms with Gasteiger partial charge in [-0.1, -0.05) is 0 Å². The molecule has 2 saturated heterocycles. The molecule has 0 aromatic rings. The van der Waals surface area contributed by atoms with Crippen LogP contribution in [0.3, 0.4) is 0 Å². The number of hydrogen-bond acceptors (Lipinski definition) is 3. The van der Waals surface area contributed by atoms with Crippen LogP contribution in [0.1, 0.15) is 38.5 Å². The minimum absolute atomic E-state index is 0.0445. The molecular formula is C13H18O4. The molecule has 0 radical (unpaired) electrons. The Labute approximate surface area is 100 Å². The van der Waals surface area contributed by atoms with E-state index in [9.17, 15) is 4.79 Å². The summed E-state index contributed by atoms with van der Waals surface area (Å²) in [5.74, 6) is -0.210. The minimum atomic E-state index is -0.650. The van der Waals surface area contributed by atoms with E-state index in [0.717, 1.165) is 25.7 Å². The lowest BCUT2D eigenvalue weighted by Crippen LogP contribution is -2.36. The molecule has 0 amide bonds. The highest BCUT2D eigenvalue weighted by Gasteiger charge is 2.65. The molecule has 1 N–H and O–H groups in total. The molecule has 6 unspecified atom stereocenters. The lowest BCUT2D eigenvalue weighted by Gasteiger charge is -2.30. The maximum absolute atomic E-state index is 11.0. The summed E-state index contributed by atoms with van der Waals surface area (Å²) in [7, 11) is 0. The Hall–Kier alpha value is -0.610. The maximum Gasteiger partial charge on any atom is 0.306 e. The van der Waals surface area contributed by atoms with Gasteiger partial charge in [0.25, 0.3) is 0 Å². The van der Waals surface area contributed by atoms with Crippen molar-refractivity contribution in [3.8, 4) is 0 Å². The molecule has 2 saturated carbocycles. The summed E-state index contributed by atoms with van der Waals surface area (Å²) in [6, 6.07) is 0. The van der Waals surface area contributed by atoms with Gasteiger partial charge in [0.05, 0.1) is 29.8 Å². The Morgan fingerprint density at radius 3 is 2.76 bits per heavy atom. The SMILES string of the molecule is O=C(O)C1CCC2(C3CCC4OC4C3)OC2C1. The van der Waals surface area contributed by atoms with Crippen molar-refractivity contribution in [3.05, 3.63) is 0 Å². The number of epoxide rings is 2. The van der Waals surface area contributed by atoms with E-state index in [-0.39, 0.29) is 17.6 Å². The van der Waals surface area contributed by atoms with Gasteiger partial charge in [-0.05, 0) is 44.4 Å². The summed E-state index contributed by atoms with van der Waals surface area (Å²) >= 11 is 0. The fourth-order valence-electron chi connectivity index (χ4n) is 4.11. The first-order valence-electron chi connectivity index (χ1n) is 6.75. The van der Waals surface area contributed by atoms with E-state index in [1.54, 1.807) is 0 Å². The highest BCUT2D eigenvalue weighted by atomic mass is 16.6. The molecular weight excluding hydrogens is 220 g/mol. The van der Waals surface area contributed by atoms with Gasteiger partial charge in [-0.25, -0.2) is 0 Å². The van der Waals surface area contributed by atoms with Crippen molar-refractivity contribution in [2.75, 3.05) is 0 Å². The predicted molar refractivity (Wildman–Crippen MR) is 58.6 cm³/mol. The van der Waals surface area contributed by atoms with Crippen molar-refractivity contribution in [1.82, 2.24) is 0 Å². The molecule has 4 fully saturated rings. The van der Waals surface area contributed by atoms with Gasteiger partial charge < -0.3 is 14.6 Å². The van der Waals surface area contributed by atoms with Gasteiger partial charge in [-0.3, -0.25) is 4.79 Å². The molecule has 0 spiro atoms. The number of rotatable bonds is 2. The Balaban J connectivity index is 1.44. The second-order valence-corrected chi connectivity index (χ2v) is 6.09. The van der Waals surface area contributed by atoms with Crippen LogP contribution in [-0.2, 0) is 14.3 Å². The van der Waals surface area contributed by atoms with Crippen molar-refractivity contribution in [2.24, 2.45) is 11.8 Å². The first kappa shape index (κ1) is 10.3. The first-order chi connectivity index (χ1) is 8.19. The second kappa shape index (κ2) is 3.23. The van der Waals surface area contributed by atoms with Gasteiger partial charge in [0.1, 0.15) is 0 Å². The first-order valence-corrected chi connectivity index (χ1v) is 6.75. The highest BCUT2D eigenvalue weighted by Crippen LogP contribution is 2.59. The number of fused-ring (bicyclic) bond motifs is 2. The predicted octanol–water partition coefficient (Wildman–Crippen LogP) is 1.58. The van der Waals surface area contributed by atoms with Crippen LogP contribution in [0.15, 0.2) is 0 Å². The number of carbonyl (C=O) groups is 1. The van der Waals surface area contributed by atoms with E-state index in [1.807, 2.05) is 0 Å². The zero-order valence-electron chi connectivity index (χ0n) is 9.80. The van der Waals surface area contributed by atoms with Crippen LogP contribution in [0.25, 0.3) is 0 Å². The van der Waals surface area contributed by atoms with Crippen LogP contribution in [0.5, 0.6) is 0 Å². The van der Waals surface area contributed by atoms with Crippen molar-refractivity contribution < 1.29 is 19.4 Å². The Bertz CT molecular complexity index is 368.